The minimum Gasteiger partial charge on any atom is -0.449 e. The molecule has 0 unspecified atom stereocenters. The highest BCUT2D eigenvalue weighted by Crippen LogP contribution is 2.20. The predicted octanol–water partition coefficient (Wildman–Crippen LogP) is 4.39. The van der Waals surface area contributed by atoms with Gasteiger partial charge in [0.2, 0.25) is 0 Å². The van der Waals surface area contributed by atoms with E-state index in [2.05, 4.69) is 21.2 Å². The van der Waals surface area contributed by atoms with Crippen molar-refractivity contribution in [2.75, 3.05) is 5.32 Å². The van der Waals surface area contributed by atoms with Gasteiger partial charge in [0.05, 0.1) is 5.56 Å². The summed E-state index contributed by atoms with van der Waals surface area (Å²) in [5.41, 5.74) is 2.83. The standard InChI is InChI=1S/C18H17BrFNO3/c1-10-4-7-16(11(2)8-10)21-17(22)12(3)24-18(23)14-6-5-13(20)9-15(14)19/h4-9,12H,1-3H3,(H,21,22)/t12-/m0/s1. The Morgan fingerprint density at radius 3 is 2.50 bits per heavy atom. The molecule has 0 aliphatic carbocycles. The van der Waals surface area contributed by atoms with Crippen LogP contribution < -0.4 is 5.32 Å². The summed E-state index contributed by atoms with van der Waals surface area (Å²) in [5.74, 6) is -1.61. The third-order valence-electron chi connectivity index (χ3n) is 3.44. The molecule has 2 rings (SSSR count). The molecule has 24 heavy (non-hydrogen) atoms. The molecule has 6 heteroatoms. The van der Waals surface area contributed by atoms with Gasteiger partial charge in [-0.05, 0) is 66.5 Å². The second-order valence-corrected chi connectivity index (χ2v) is 6.33. The monoisotopic (exact) mass is 393 g/mol. The van der Waals surface area contributed by atoms with Crippen LogP contribution in [0.25, 0.3) is 0 Å². The summed E-state index contributed by atoms with van der Waals surface area (Å²) >= 11 is 3.10. The highest BCUT2D eigenvalue weighted by molar-refractivity contribution is 9.10. The Balaban J connectivity index is 2.04. The highest BCUT2D eigenvalue weighted by atomic mass is 79.9. The Labute approximate surface area is 148 Å². The van der Waals surface area contributed by atoms with Gasteiger partial charge in [-0.1, -0.05) is 17.7 Å². The Morgan fingerprint density at radius 1 is 1.17 bits per heavy atom. The number of aryl methyl sites for hydroxylation is 2. The van der Waals surface area contributed by atoms with Gasteiger partial charge in [0.25, 0.3) is 5.91 Å². The van der Waals surface area contributed by atoms with E-state index in [1.165, 1.54) is 13.0 Å². The maximum atomic E-state index is 13.1. The van der Waals surface area contributed by atoms with Crippen molar-refractivity contribution >= 4 is 33.5 Å². The molecular weight excluding hydrogens is 377 g/mol. The zero-order chi connectivity index (χ0) is 17.9. The lowest BCUT2D eigenvalue weighted by molar-refractivity contribution is -0.123. The first-order valence-electron chi connectivity index (χ1n) is 7.32. The maximum Gasteiger partial charge on any atom is 0.340 e. The zero-order valence-corrected chi connectivity index (χ0v) is 15.1. The van der Waals surface area contributed by atoms with Gasteiger partial charge in [-0.3, -0.25) is 4.79 Å². The first-order valence-corrected chi connectivity index (χ1v) is 8.11. The van der Waals surface area contributed by atoms with Crippen LogP contribution in [0.5, 0.6) is 0 Å². The van der Waals surface area contributed by atoms with Crippen molar-refractivity contribution in [1.82, 2.24) is 0 Å². The number of esters is 1. The van der Waals surface area contributed by atoms with E-state index < -0.39 is 23.8 Å². The topological polar surface area (TPSA) is 55.4 Å². The number of carbonyl (C=O) groups excluding carboxylic acids is 2. The highest BCUT2D eigenvalue weighted by Gasteiger charge is 2.21. The summed E-state index contributed by atoms with van der Waals surface area (Å²) in [6.07, 6.45) is -0.991. The molecule has 0 heterocycles. The van der Waals surface area contributed by atoms with Crippen LogP contribution in [0.3, 0.4) is 0 Å². The molecule has 1 atom stereocenters. The first-order chi connectivity index (χ1) is 11.3. The fourth-order valence-electron chi connectivity index (χ4n) is 2.12. The number of nitrogens with one attached hydrogen (secondary N) is 1. The fourth-order valence-corrected chi connectivity index (χ4v) is 2.63. The smallest absolute Gasteiger partial charge is 0.340 e. The number of halogens is 2. The largest absolute Gasteiger partial charge is 0.449 e. The summed E-state index contributed by atoms with van der Waals surface area (Å²) in [6.45, 7) is 5.33. The second kappa shape index (κ2) is 7.57. The van der Waals surface area contributed by atoms with Crippen LogP contribution in [-0.2, 0) is 9.53 Å². The fraction of sp³-hybridized carbons (Fsp3) is 0.222. The number of anilines is 1. The van der Waals surface area contributed by atoms with Gasteiger partial charge in [0, 0.05) is 10.2 Å². The lowest BCUT2D eigenvalue weighted by Gasteiger charge is -2.15. The minimum absolute atomic E-state index is 0.155. The van der Waals surface area contributed by atoms with Crippen LogP contribution in [0, 0.1) is 19.7 Å². The van der Waals surface area contributed by atoms with Gasteiger partial charge in [0.15, 0.2) is 6.10 Å². The molecule has 0 aliphatic heterocycles. The lowest BCUT2D eigenvalue weighted by Crippen LogP contribution is -2.30. The van der Waals surface area contributed by atoms with Crippen molar-refractivity contribution in [3.63, 3.8) is 0 Å². The molecule has 2 aromatic rings. The predicted molar refractivity (Wildman–Crippen MR) is 93.5 cm³/mol. The van der Waals surface area contributed by atoms with Crippen molar-refractivity contribution < 1.29 is 18.7 Å². The molecular formula is C18H17BrFNO3. The van der Waals surface area contributed by atoms with Gasteiger partial charge in [-0.15, -0.1) is 0 Å². The number of carbonyl (C=O) groups is 2. The molecule has 126 valence electrons. The molecule has 4 nitrogen and oxygen atoms in total. The van der Waals surface area contributed by atoms with E-state index in [9.17, 15) is 14.0 Å². The number of amides is 1. The van der Waals surface area contributed by atoms with E-state index >= 15 is 0 Å². The van der Waals surface area contributed by atoms with E-state index in [1.807, 2.05) is 26.0 Å². The number of hydrogen-bond donors (Lipinski definition) is 1. The van der Waals surface area contributed by atoms with Crippen LogP contribution in [0.15, 0.2) is 40.9 Å². The van der Waals surface area contributed by atoms with E-state index in [0.29, 0.717) is 5.69 Å². The Kier molecular flexibility index (Phi) is 5.72. The van der Waals surface area contributed by atoms with E-state index in [0.717, 1.165) is 23.3 Å². The normalized spacial score (nSPS) is 11.7. The van der Waals surface area contributed by atoms with Crippen molar-refractivity contribution in [2.45, 2.75) is 26.9 Å². The Morgan fingerprint density at radius 2 is 1.88 bits per heavy atom. The van der Waals surface area contributed by atoms with E-state index in [-0.39, 0.29) is 10.0 Å². The van der Waals surface area contributed by atoms with Crippen molar-refractivity contribution in [3.05, 3.63) is 63.4 Å². The molecule has 1 amide bonds. The van der Waals surface area contributed by atoms with Crippen molar-refractivity contribution in [3.8, 4) is 0 Å². The molecule has 0 fully saturated rings. The Hall–Kier alpha value is -2.21. The van der Waals surface area contributed by atoms with Crippen LogP contribution in [0.2, 0.25) is 0 Å². The second-order valence-electron chi connectivity index (χ2n) is 5.48. The maximum absolute atomic E-state index is 13.1. The van der Waals surface area contributed by atoms with Crippen LogP contribution in [-0.4, -0.2) is 18.0 Å². The zero-order valence-electron chi connectivity index (χ0n) is 13.5. The molecule has 0 aliphatic rings. The van der Waals surface area contributed by atoms with Gasteiger partial charge < -0.3 is 10.1 Å². The van der Waals surface area contributed by atoms with Crippen molar-refractivity contribution in [1.29, 1.82) is 0 Å². The van der Waals surface area contributed by atoms with Gasteiger partial charge in [0.1, 0.15) is 5.82 Å². The average Bonchev–Trinajstić information content (AvgIpc) is 2.49. The number of ether oxygens (including phenoxy) is 1. The molecule has 0 saturated carbocycles. The van der Waals surface area contributed by atoms with E-state index in [1.54, 1.807) is 6.07 Å². The summed E-state index contributed by atoms with van der Waals surface area (Å²) in [5, 5.41) is 2.73. The van der Waals surface area contributed by atoms with Crippen LogP contribution in [0.4, 0.5) is 10.1 Å². The third-order valence-corrected chi connectivity index (χ3v) is 4.10. The lowest BCUT2D eigenvalue weighted by atomic mass is 10.1. The molecule has 1 N–H and O–H groups in total. The molecule has 0 saturated heterocycles. The van der Waals surface area contributed by atoms with Crippen molar-refractivity contribution in [2.24, 2.45) is 0 Å². The van der Waals surface area contributed by atoms with Gasteiger partial charge >= 0.3 is 5.97 Å². The molecule has 0 spiro atoms. The average molecular weight is 394 g/mol. The summed E-state index contributed by atoms with van der Waals surface area (Å²) in [6, 6.07) is 9.25. The number of rotatable bonds is 4. The summed E-state index contributed by atoms with van der Waals surface area (Å²) in [7, 11) is 0. The SMILES string of the molecule is Cc1ccc(NC(=O)[C@H](C)OC(=O)c2ccc(F)cc2Br)c(C)c1. The molecule has 0 bridgehead atoms. The van der Waals surface area contributed by atoms with E-state index in [4.69, 9.17) is 4.74 Å². The van der Waals surface area contributed by atoms with Crippen LogP contribution >= 0.6 is 15.9 Å². The van der Waals surface area contributed by atoms with Gasteiger partial charge in [-0.2, -0.15) is 0 Å². The Bertz CT molecular complexity index is 792. The summed E-state index contributed by atoms with van der Waals surface area (Å²) in [4.78, 5) is 24.3. The molecule has 0 radical (unpaired) electrons. The quantitative estimate of drug-likeness (QED) is 0.783. The first kappa shape index (κ1) is 18.1. The third kappa shape index (κ3) is 4.41. The van der Waals surface area contributed by atoms with Crippen LogP contribution in [0.1, 0.15) is 28.4 Å². The molecule has 2 aromatic carbocycles. The summed E-state index contributed by atoms with van der Waals surface area (Å²) < 4.78 is 18.5. The number of hydrogen-bond acceptors (Lipinski definition) is 3. The van der Waals surface area contributed by atoms with Gasteiger partial charge in [-0.25, -0.2) is 9.18 Å². The minimum atomic E-state index is -0.991. The number of benzene rings is 2. The molecule has 0 aromatic heterocycles.